The summed E-state index contributed by atoms with van der Waals surface area (Å²) in [6.07, 6.45) is 11.0. The molecular formula is C14H9IN6. The van der Waals surface area contributed by atoms with Crippen LogP contribution in [-0.4, -0.2) is 29.4 Å². The average Bonchev–Trinajstić information content (AvgIpc) is 3.14. The van der Waals surface area contributed by atoms with Gasteiger partial charge in [0.25, 0.3) is 0 Å². The second-order valence-corrected chi connectivity index (χ2v) is 5.56. The zero-order valence-corrected chi connectivity index (χ0v) is 12.9. The van der Waals surface area contributed by atoms with E-state index in [-0.39, 0.29) is 0 Å². The molecule has 0 saturated heterocycles. The molecule has 0 unspecified atom stereocenters. The normalized spacial score (nSPS) is 11.1. The molecule has 4 aromatic heterocycles. The first kappa shape index (κ1) is 12.5. The molecule has 0 amide bonds. The number of hydrogen-bond acceptors (Lipinski definition) is 4. The summed E-state index contributed by atoms with van der Waals surface area (Å²) in [6, 6.07) is 5.83. The van der Waals surface area contributed by atoms with Gasteiger partial charge in [0.1, 0.15) is 9.39 Å². The fourth-order valence-corrected chi connectivity index (χ4v) is 2.53. The van der Waals surface area contributed by atoms with E-state index in [2.05, 4.69) is 42.8 Å². The number of rotatable bonds is 2. The van der Waals surface area contributed by atoms with Crippen LogP contribution in [0.2, 0.25) is 0 Å². The molecule has 0 aliphatic carbocycles. The van der Waals surface area contributed by atoms with E-state index in [1.165, 1.54) is 0 Å². The molecule has 4 rings (SSSR count). The van der Waals surface area contributed by atoms with E-state index in [0.717, 1.165) is 26.2 Å². The Morgan fingerprint density at radius 2 is 1.81 bits per heavy atom. The maximum atomic E-state index is 4.51. The number of aromatic nitrogens is 6. The minimum atomic E-state index is 0.784. The molecule has 0 N–H and O–H groups in total. The van der Waals surface area contributed by atoms with Crippen LogP contribution in [0.1, 0.15) is 0 Å². The Morgan fingerprint density at radius 1 is 0.952 bits per heavy atom. The van der Waals surface area contributed by atoms with Crippen LogP contribution in [-0.2, 0) is 0 Å². The van der Waals surface area contributed by atoms with Crippen LogP contribution < -0.4 is 0 Å². The summed E-state index contributed by atoms with van der Waals surface area (Å²) in [4.78, 5) is 8.54. The molecule has 0 saturated carbocycles. The van der Waals surface area contributed by atoms with Crippen LogP contribution in [0, 0.1) is 3.70 Å². The van der Waals surface area contributed by atoms with Gasteiger partial charge in [-0.2, -0.15) is 10.2 Å². The summed E-state index contributed by atoms with van der Waals surface area (Å²) < 4.78 is 4.45. The van der Waals surface area contributed by atoms with Gasteiger partial charge < -0.3 is 0 Å². The van der Waals surface area contributed by atoms with Crippen LogP contribution in [0.3, 0.4) is 0 Å². The molecule has 0 aromatic carbocycles. The molecule has 0 atom stereocenters. The highest BCUT2D eigenvalue weighted by atomic mass is 127. The molecule has 21 heavy (non-hydrogen) atoms. The van der Waals surface area contributed by atoms with Crippen LogP contribution in [0.25, 0.3) is 22.5 Å². The lowest BCUT2D eigenvalue weighted by atomic mass is 10.1. The van der Waals surface area contributed by atoms with E-state index >= 15 is 0 Å². The lowest BCUT2D eigenvalue weighted by molar-refractivity contribution is 0.883. The largest absolute Gasteiger partial charge is 0.265 e. The van der Waals surface area contributed by atoms with Crippen molar-refractivity contribution < 1.29 is 0 Å². The average molecular weight is 388 g/mol. The maximum absolute atomic E-state index is 4.51. The number of fused-ring (bicyclic) bond motifs is 1. The molecule has 4 heterocycles. The highest BCUT2D eigenvalue weighted by Crippen LogP contribution is 2.20. The Kier molecular flexibility index (Phi) is 2.92. The number of nitrogens with zero attached hydrogens (tertiary/aromatic N) is 6. The van der Waals surface area contributed by atoms with E-state index in [1.807, 2.05) is 36.8 Å². The standard InChI is InChI=1S/C14H9IN6/c15-13-3-6-20-14(19-13)12(8-18-20)21-9-11(7-17-21)10-1-4-16-5-2-10/h1-9H. The Labute approximate surface area is 133 Å². The lowest BCUT2D eigenvalue weighted by Gasteiger charge is -1.98. The molecule has 0 fully saturated rings. The summed E-state index contributed by atoms with van der Waals surface area (Å²) in [6.45, 7) is 0. The summed E-state index contributed by atoms with van der Waals surface area (Å²) in [5.74, 6) is 0. The van der Waals surface area contributed by atoms with Crippen molar-refractivity contribution in [1.29, 1.82) is 0 Å². The van der Waals surface area contributed by atoms with E-state index in [1.54, 1.807) is 27.8 Å². The monoisotopic (exact) mass is 388 g/mol. The van der Waals surface area contributed by atoms with Crippen molar-refractivity contribution >= 4 is 28.2 Å². The third-order valence-electron chi connectivity index (χ3n) is 3.16. The Bertz CT molecular complexity index is 912. The maximum Gasteiger partial charge on any atom is 0.182 e. The van der Waals surface area contributed by atoms with Gasteiger partial charge in [0.15, 0.2) is 5.65 Å². The number of pyridine rings is 1. The fourth-order valence-electron chi connectivity index (χ4n) is 2.14. The van der Waals surface area contributed by atoms with Crippen molar-refractivity contribution in [2.75, 3.05) is 0 Å². The second-order valence-electron chi connectivity index (χ2n) is 4.46. The minimum Gasteiger partial charge on any atom is -0.265 e. The molecule has 6 nitrogen and oxygen atoms in total. The summed E-state index contributed by atoms with van der Waals surface area (Å²) in [5.41, 5.74) is 3.75. The van der Waals surface area contributed by atoms with Gasteiger partial charge in [0.2, 0.25) is 0 Å². The molecule has 102 valence electrons. The minimum absolute atomic E-state index is 0.784. The van der Waals surface area contributed by atoms with Gasteiger partial charge in [-0.15, -0.1) is 0 Å². The molecular weight excluding hydrogens is 379 g/mol. The zero-order chi connectivity index (χ0) is 14.2. The van der Waals surface area contributed by atoms with Gasteiger partial charge in [-0.1, -0.05) is 0 Å². The molecule has 7 heteroatoms. The Morgan fingerprint density at radius 3 is 2.67 bits per heavy atom. The quantitative estimate of drug-likeness (QED) is 0.391. The van der Waals surface area contributed by atoms with Gasteiger partial charge in [-0.25, -0.2) is 14.2 Å². The number of hydrogen-bond donors (Lipinski definition) is 0. The molecule has 0 aliphatic rings. The topological polar surface area (TPSA) is 60.9 Å². The smallest absolute Gasteiger partial charge is 0.182 e. The number of halogens is 1. The zero-order valence-electron chi connectivity index (χ0n) is 10.8. The van der Waals surface area contributed by atoms with Gasteiger partial charge in [-0.05, 0) is 46.4 Å². The summed E-state index contributed by atoms with van der Waals surface area (Å²) >= 11 is 2.19. The van der Waals surface area contributed by atoms with Gasteiger partial charge in [0, 0.05) is 30.4 Å². The van der Waals surface area contributed by atoms with Crippen molar-refractivity contribution in [3.8, 4) is 16.8 Å². The van der Waals surface area contributed by atoms with Gasteiger partial charge in [-0.3, -0.25) is 4.98 Å². The van der Waals surface area contributed by atoms with Crippen molar-refractivity contribution in [2.24, 2.45) is 0 Å². The highest BCUT2D eigenvalue weighted by Gasteiger charge is 2.10. The van der Waals surface area contributed by atoms with E-state index < -0.39 is 0 Å². The van der Waals surface area contributed by atoms with Crippen LogP contribution >= 0.6 is 22.6 Å². The SMILES string of the molecule is Ic1ccn2ncc(-n3cc(-c4ccncc4)cn3)c2n1. The van der Waals surface area contributed by atoms with Crippen LogP contribution in [0.4, 0.5) is 0 Å². The molecule has 0 radical (unpaired) electrons. The van der Waals surface area contributed by atoms with Gasteiger partial charge in [0.05, 0.1) is 12.4 Å². The fraction of sp³-hybridized carbons (Fsp3) is 0. The van der Waals surface area contributed by atoms with Crippen LogP contribution in [0.15, 0.2) is 55.4 Å². The van der Waals surface area contributed by atoms with E-state index in [4.69, 9.17) is 0 Å². The van der Waals surface area contributed by atoms with E-state index in [0.29, 0.717) is 0 Å². The first-order valence-corrected chi connectivity index (χ1v) is 7.34. The second kappa shape index (κ2) is 4.92. The predicted octanol–water partition coefficient (Wildman–Crippen LogP) is 2.58. The third-order valence-corrected chi connectivity index (χ3v) is 3.76. The Balaban J connectivity index is 1.83. The summed E-state index contributed by atoms with van der Waals surface area (Å²) in [7, 11) is 0. The molecule has 0 aliphatic heterocycles. The summed E-state index contributed by atoms with van der Waals surface area (Å²) in [5, 5.41) is 8.71. The molecule has 4 aromatic rings. The Hall–Kier alpha value is -2.29. The predicted molar refractivity (Wildman–Crippen MR) is 86.1 cm³/mol. The van der Waals surface area contributed by atoms with Crippen molar-refractivity contribution in [2.45, 2.75) is 0 Å². The molecule has 0 bridgehead atoms. The van der Waals surface area contributed by atoms with E-state index in [9.17, 15) is 0 Å². The van der Waals surface area contributed by atoms with Crippen molar-refractivity contribution in [1.82, 2.24) is 29.4 Å². The molecule has 0 spiro atoms. The van der Waals surface area contributed by atoms with Crippen LogP contribution in [0.5, 0.6) is 0 Å². The van der Waals surface area contributed by atoms with Crippen molar-refractivity contribution in [3.05, 3.63) is 59.1 Å². The first-order valence-electron chi connectivity index (χ1n) is 6.26. The highest BCUT2D eigenvalue weighted by molar-refractivity contribution is 14.1. The lowest BCUT2D eigenvalue weighted by Crippen LogP contribution is -1.96. The first-order chi connectivity index (χ1) is 10.3. The van der Waals surface area contributed by atoms with Crippen molar-refractivity contribution in [3.63, 3.8) is 0 Å². The third kappa shape index (κ3) is 2.19. The van der Waals surface area contributed by atoms with Gasteiger partial charge >= 0.3 is 0 Å².